The molecule has 8 rings (SSSR count). The van der Waals surface area contributed by atoms with Gasteiger partial charge in [-0.2, -0.15) is 4.98 Å². The molecule has 19 heteroatoms. The Balaban J connectivity index is 0.866. The van der Waals surface area contributed by atoms with Crippen LogP contribution in [0.4, 0.5) is 34.5 Å². The standard InChI is InChI=1S/C52H63ClN11O6P/c1-60(2)23-12-18-47(65)55-41-31-42(57-52-54-33-39(53)49(59-52)56-40-16-8-9-17-46(40)71(4,5)69)45(70-3)32-44(41)63-25-21-36(22-26-63)62-29-27-61(28-30-62)24-10-6-7-13-35-14-11-15-37-38(35)34-64(51(37)68)43-19-20-48(66)58-50(43)67/h8-9,11-12,14-18,31-33,36,43H,6,10,19-30,34H2,1-5H3,(H,55,65)(H,58,66,67)(H2,54,56,57,59). The van der Waals surface area contributed by atoms with Gasteiger partial charge in [-0.1, -0.05) is 47.7 Å². The van der Waals surface area contributed by atoms with E-state index in [1.54, 1.807) is 37.5 Å². The number of piperidine rings is 2. The first-order chi connectivity index (χ1) is 34.1. The highest BCUT2D eigenvalue weighted by molar-refractivity contribution is 7.70. The average molecular weight is 1000 g/mol. The second-order valence-corrected chi connectivity index (χ2v) is 22.6. The number of fused-ring (bicyclic) bond motifs is 1. The molecule has 1 aromatic heterocycles. The van der Waals surface area contributed by atoms with Crippen LogP contribution in [0.25, 0.3) is 0 Å². The zero-order valence-corrected chi connectivity index (χ0v) is 42.7. The van der Waals surface area contributed by atoms with Gasteiger partial charge in [0.15, 0.2) is 5.82 Å². The van der Waals surface area contributed by atoms with E-state index in [1.807, 2.05) is 73.6 Å². The van der Waals surface area contributed by atoms with E-state index in [9.17, 15) is 23.7 Å². The van der Waals surface area contributed by atoms with Crippen molar-refractivity contribution in [1.82, 2.24) is 34.9 Å². The number of piperazine rings is 1. The maximum absolute atomic E-state index is 13.4. The van der Waals surface area contributed by atoms with Crippen LogP contribution in [0.2, 0.25) is 5.02 Å². The molecule has 3 saturated heterocycles. The number of likely N-dealkylation sites (N-methyl/N-ethyl adjacent to an activating group) is 1. The Morgan fingerprint density at radius 1 is 0.972 bits per heavy atom. The minimum atomic E-state index is -2.62. The summed E-state index contributed by atoms with van der Waals surface area (Å²) in [6.07, 6.45) is 9.02. The number of carbonyl (C=O) groups excluding carboxylic acids is 4. The van der Waals surface area contributed by atoms with E-state index < -0.39 is 19.1 Å². The zero-order valence-electron chi connectivity index (χ0n) is 41.1. The number of unbranched alkanes of at least 4 members (excludes halogenated alkanes) is 1. The van der Waals surface area contributed by atoms with Crippen LogP contribution in [-0.4, -0.2) is 152 Å². The van der Waals surface area contributed by atoms with Crippen molar-refractivity contribution in [2.45, 2.75) is 57.2 Å². The van der Waals surface area contributed by atoms with E-state index in [2.05, 4.69) is 57.8 Å². The smallest absolute Gasteiger partial charge is 0.255 e. The van der Waals surface area contributed by atoms with Gasteiger partial charge in [0.25, 0.3) is 5.91 Å². The SMILES string of the molecule is COc1cc(N2CCC(N3CCN(CCCC#Cc4cccc5c4CN(C4CCC(=O)NC4=O)C5=O)CC3)CC2)c(NC(=O)C=CCN(C)C)cc1Nc1ncc(Cl)c(Nc2ccccc2P(C)(C)=O)n1. The van der Waals surface area contributed by atoms with E-state index in [1.165, 1.54) is 6.20 Å². The highest BCUT2D eigenvalue weighted by atomic mass is 35.5. The summed E-state index contributed by atoms with van der Waals surface area (Å²) in [5, 5.41) is 13.0. The molecule has 0 saturated carbocycles. The van der Waals surface area contributed by atoms with Gasteiger partial charge < -0.3 is 44.9 Å². The quantitative estimate of drug-likeness (QED) is 0.0332. The molecule has 4 aromatic rings. The third kappa shape index (κ3) is 12.6. The van der Waals surface area contributed by atoms with Crippen LogP contribution in [0.5, 0.6) is 5.75 Å². The summed E-state index contributed by atoms with van der Waals surface area (Å²) in [4.78, 5) is 70.9. The van der Waals surface area contributed by atoms with Crippen LogP contribution < -0.4 is 36.2 Å². The molecule has 4 aliphatic heterocycles. The molecule has 71 heavy (non-hydrogen) atoms. The topological polar surface area (TPSA) is 185 Å². The number of rotatable bonds is 16. The molecule has 1 atom stereocenters. The van der Waals surface area contributed by atoms with E-state index in [0.717, 1.165) is 88.3 Å². The van der Waals surface area contributed by atoms with Gasteiger partial charge in [-0.3, -0.25) is 29.4 Å². The Morgan fingerprint density at radius 2 is 1.75 bits per heavy atom. The zero-order chi connectivity index (χ0) is 50.2. The number of imide groups is 1. The summed E-state index contributed by atoms with van der Waals surface area (Å²) in [5.41, 5.74) is 4.89. The normalized spacial score (nSPS) is 18.1. The van der Waals surface area contributed by atoms with E-state index in [0.29, 0.717) is 65.0 Å². The summed E-state index contributed by atoms with van der Waals surface area (Å²) in [6, 6.07) is 16.5. The lowest BCUT2D eigenvalue weighted by molar-refractivity contribution is -0.137. The predicted molar refractivity (Wildman–Crippen MR) is 280 cm³/mol. The third-order valence-electron chi connectivity index (χ3n) is 13.4. The Labute approximate surface area is 421 Å². The summed E-state index contributed by atoms with van der Waals surface area (Å²) < 4.78 is 19.0. The van der Waals surface area contributed by atoms with Crippen LogP contribution in [0.1, 0.15) is 60.0 Å². The minimum absolute atomic E-state index is 0.190. The van der Waals surface area contributed by atoms with Crippen molar-refractivity contribution < 1.29 is 28.5 Å². The van der Waals surface area contributed by atoms with Crippen molar-refractivity contribution in [3.63, 3.8) is 0 Å². The van der Waals surface area contributed by atoms with Crippen LogP contribution >= 0.6 is 18.7 Å². The molecule has 5 heterocycles. The number of methoxy groups -OCH3 is 1. The number of benzene rings is 3. The summed E-state index contributed by atoms with van der Waals surface area (Å²) in [6.45, 7) is 10.9. The molecule has 4 amide bonds. The number of nitrogens with one attached hydrogen (secondary N) is 4. The van der Waals surface area contributed by atoms with Gasteiger partial charge in [0, 0.05) is 99.8 Å². The number of para-hydroxylation sites is 1. The number of anilines is 6. The highest BCUT2D eigenvalue weighted by Gasteiger charge is 2.40. The molecule has 374 valence electrons. The monoisotopic (exact) mass is 1000 g/mol. The molecule has 1 unspecified atom stereocenters. The van der Waals surface area contributed by atoms with Gasteiger partial charge in [-0.15, -0.1) is 0 Å². The van der Waals surface area contributed by atoms with Crippen molar-refractivity contribution in [3.05, 3.63) is 94.7 Å². The Bertz CT molecular complexity index is 2790. The Hall–Kier alpha value is -6.28. The molecule has 17 nitrogen and oxygen atoms in total. The number of carbonyl (C=O) groups is 4. The molecular formula is C52H63ClN11O6P. The first kappa shape index (κ1) is 51.1. The first-order valence-electron chi connectivity index (χ1n) is 24.2. The van der Waals surface area contributed by atoms with E-state index in [-0.39, 0.29) is 35.1 Å². The summed E-state index contributed by atoms with van der Waals surface area (Å²) >= 11 is 6.57. The van der Waals surface area contributed by atoms with Crippen LogP contribution in [0.15, 0.2) is 72.9 Å². The van der Waals surface area contributed by atoms with Crippen molar-refractivity contribution >= 4 is 82.2 Å². The molecule has 3 fully saturated rings. The number of ether oxygens (including phenoxy) is 1. The Kier molecular flexibility index (Phi) is 16.4. The number of halogens is 1. The third-order valence-corrected chi connectivity index (χ3v) is 15.2. The second-order valence-electron chi connectivity index (χ2n) is 19.0. The van der Waals surface area contributed by atoms with Crippen LogP contribution in [-0.2, 0) is 25.5 Å². The average Bonchev–Trinajstić information content (AvgIpc) is 3.68. The molecule has 4 N–H and O–H groups in total. The summed E-state index contributed by atoms with van der Waals surface area (Å²) in [5.74, 6) is 6.59. The largest absolute Gasteiger partial charge is 0.494 e. The number of hydrogen-bond acceptors (Lipinski definition) is 14. The van der Waals surface area contributed by atoms with Crippen molar-refractivity contribution in [1.29, 1.82) is 0 Å². The molecule has 0 spiro atoms. The Morgan fingerprint density at radius 3 is 2.48 bits per heavy atom. The van der Waals surface area contributed by atoms with Crippen molar-refractivity contribution in [3.8, 4) is 17.6 Å². The molecule has 0 radical (unpaired) electrons. The number of hydrogen-bond donors (Lipinski definition) is 4. The van der Waals surface area contributed by atoms with Crippen molar-refractivity contribution in [2.75, 3.05) is 108 Å². The first-order valence-corrected chi connectivity index (χ1v) is 27.1. The van der Waals surface area contributed by atoms with Crippen LogP contribution in [0, 0.1) is 11.8 Å². The summed E-state index contributed by atoms with van der Waals surface area (Å²) in [7, 11) is 2.88. The van der Waals surface area contributed by atoms with Gasteiger partial charge in [0.05, 0.1) is 36.1 Å². The van der Waals surface area contributed by atoms with Crippen molar-refractivity contribution in [2.24, 2.45) is 0 Å². The van der Waals surface area contributed by atoms with Gasteiger partial charge in [-0.05, 0) is 95.5 Å². The fraction of sp³-hybridized carbons (Fsp3) is 0.423. The second kappa shape index (κ2) is 22.9. The van der Waals surface area contributed by atoms with Gasteiger partial charge in [0.2, 0.25) is 23.7 Å². The highest BCUT2D eigenvalue weighted by Crippen LogP contribution is 2.41. The van der Waals surface area contributed by atoms with Crippen LogP contribution in [0.3, 0.4) is 0 Å². The fourth-order valence-electron chi connectivity index (χ4n) is 9.63. The number of nitrogens with zero attached hydrogens (tertiary/aromatic N) is 7. The van der Waals surface area contributed by atoms with Gasteiger partial charge in [0.1, 0.15) is 24.0 Å². The van der Waals surface area contributed by atoms with Gasteiger partial charge in [-0.25, -0.2) is 4.98 Å². The number of amides is 4. The lowest BCUT2D eigenvalue weighted by atomic mass is 10.0. The predicted octanol–water partition coefficient (Wildman–Crippen LogP) is 6.11. The molecule has 4 aliphatic rings. The lowest BCUT2D eigenvalue weighted by Crippen LogP contribution is -2.53. The molecule has 0 bridgehead atoms. The molecule has 3 aromatic carbocycles. The minimum Gasteiger partial charge on any atom is -0.494 e. The van der Waals surface area contributed by atoms with E-state index >= 15 is 0 Å². The molecular weight excluding hydrogens is 941 g/mol. The number of aromatic nitrogens is 2. The fourth-order valence-corrected chi connectivity index (χ4v) is 10.9. The molecule has 0 aliphatic carbocycles. The maximum atomic E-state index is 13.4. The lowest BCUT2D eigenvalue weighted by Gasteiger charge is -2.43. The maximum Gasteiger partial charge on any atom is 0.255 e. The van der Waals surface area contributed by atoms with E-state index in [4.69, 9.17) is 16.3 Å². The van der Waals surface area contributed by atoms with Gasteiger partial charge >= 0.3 is 0 Å².